The minimum Gasteiger partial charge on any atom is -0.340 e. The maximum Gasteiger partial charge on any atom is 0.317 e. The maximum atomic E-state index is 11.9. The molecule has 2 heterocycles. The number of carbonyl (C=O) groups is 1. The zero-order valence-corrected chi connectivity index (χ0v) is 11.1. The smallest absolute Gasteiger partial charge is 0.317 e. The molecule has 2 rings (SSSR count). The number of nitrogens with zero attached hydrogens (tertiary/aromatic N) is 3. The van der Waals surface area contributed by atoms with E-state index in [1.54, 1.807) is 6.92 Å². The number of aromatic nitrogens is 2. The molecule has 1 unspecified atom stereocenters. The Morgan fingerprint density at radius 2 is 2.33 bits per heavy atom. The van der Waals surface area contributed by atoms with Crippen molar-refractivity contribution in [1.82, 2.24) is 20.4 Å². The summed E-state index contributed by atoms with van der Waals surface area (Å²) in [5, 5.41) is 6.86. The lowest BCUT2D eigenvalue weighted by Crippen LogP contribution is -2.47. The fourth-order valence-corrected chi connectivity index (χ4v) is 2.19. The fraction of sp³-hybridized carbons (Fsp3) is 0.750. The normalized spacial score (nSPS) is 20.2. The zero-order valence-electron chi connectivity index (χ0n) is 11.1. The number of carbonyl (C=O) groups excluding carboxylic acids is 1. The Labute approximate surface area is 107 Å². The molecule has 0 aliphatic carbocycles. The molecule has 2 amide bonds. The second kappa shape index (κ2) is 5.37. The van der Waals surface area contributed by atoms with E-state index >= 15 is 0 Å². The largest absolute Gasteiger partial charge is 0.340 e. The molecule has 1 atom stereocenters. The number of rotatable bonds is 2. The Morgan fingerprint density at radius 1 is 1.56 bits per heavy atom. The number of likely N-dealkylation sites (tertiary alicyclic amines) is 1. The summed E-state index contributed by atoms with van der Waals surface area (Å²) in [5.41, 5.74) is 0. The number of aryl methyl sites for hydroxylation is 1. The van der Waals surface area contributed by atoms with Gasteiger partial charge in [0.25, 0.3) is 0 Å². The first-order chi connectivity index (χ1) is 8.56. The first-order valence-corrected chi connectivity index (χ1v) is 6.42. The summed E-state index contributed by atoms with van der Waals surface area (Å²) in [6.07, 6.45) is 1.98. The van der Waals surface area contributed by atoms with Crippen molar-refractivity contribution in [3.05, 3.63) is 11.7 Å². The minimum atomic E-state index is -0.00471. The van der Waals surface area contributed by atoms with Crippen LogP contribution in [0.3, 0.4) is 0 Å². The number of piperidine rings is 1. The average Bonchev–Trinajstić information content (AvgIpc) is 2.75. The molecule has 1 aliphatic heterocycles. The summed E-state index contributed by atoms with van der Waals surface area (Å²) >= 11 is 0. The third-order valence-electron chi connectivity index (χ3n) is 3.03. The van der Waals surface area contributed by atoms with Gasteiger partial charge in [-0.15, -0.1) is 0 Å². The topological polar surface area (TPSA) is 71.3 Å². The van der Waals surface area contributed by atoms with Crippen LogP contribution in [0.1, 0.15) is 44.3 Å². The van der Waals surface area contributed by atoms with Crippen LogP contribution in [0.2, 0.25) is 0 Å². The number of hydrogen-bond acceptors (Lipinski definition) is 4. The van der Waals surface area contributed by atoms with Gasteiger partial charge in [-0.3, -0.25) is 0 Å². The van der Waals surface area contributed by atoms with Crippen molar-refractivity contribution in [3.63, 3.8) is 0 Å². The molecule has 1 aromatic rings. The zero-order chi connectivity index (χ0) is 13.1. The molecule has 0 spiro atoms. The van der Waals surface area contributed by atoms with Crippen LogP contribution in [-0.4, -0.2) is 40.2 Å². The monoisotopic (exact) mass is 252 g/mol. The minimum absolute atomic E-state index is 0.00471. The van der Waals surface area contributed by atoms with Crippen LogP contribution in [0, 0.1) is 6.92 Å². The van der Waals surface area contributed by atoms with Crippen LogP contribution in [0.15, 0.2) is 4.52 Å². The Morgan fingerprint density at radius 3 is 2.94 bits per heavy atom. The van der Waals surface area contributed by atoms with Gasteiger partial charge in [0, 0.05) is 32.0 Å². The third kappa shape index (κ3) is 3.00. The summed E-state index contributed by atoms with van der Waals surface area (Å²) in [7, 11) is 0. The Bertz CT molecular complexity index is 416. The maximum absolute atomic E-state index is 11.9. The molecule has 0 bridgehead atoms. The SMILES string of the molecule is Cc1nc(C2CCCN(C(=O)NC(C)C)C2)no1. The summed E-state index contributed by atoms with van der Waals surface area (Å²) in [6.45, 7) is 7.16. The van der Waals surface area contributed by atoms with Crippen LogP contribution in [0.5, 0.6) is 0 Å². The molecule has 0 aromatic carbocycles. The first-order valence-electron chi connectivity index (χ1n) is 6.42. The van der Waals surface area contributed by atoms with Crippen molar-refractivity contribution in [2.75, 3.05) is 13.1 Å². The predicted molar refractivity (Wildman–Crippen MR) is 66.3 cm³/mol. The van der Waals surface area contributed by atoms with Gasteiger partial charge in [0.2, 0.25) is 5.89 Å². The van der Waals surface area contributed by atoms with Gasteiger partial charge in [-0.1, -0.05) is 5.16 Å². The summed E-state index contributed by atoms with van der Waals surface area (Å²) in [5.74, 6) is 1.48. The lowest BCUT2D eigenvalue weighted by molar-refractivity contribution is 0.175. The quantitative estimate of drug-likeness (QED) is 0.869. The van der Waals surface area contributed by atoms with Gasteiger partial charge in [-0.05, 0) is 26.7 Å². The third-order valence-corrected chi connectivity index (χ3v) is 3.03. The molecular formula is C12H20N4O2. The van der Waals surface area contributed by atoms with Gasteiger partial charge >= 0.3 is 6.03 Å². The molecule has 1 N–H and O–H groups in total. The Balaban J connectivity index is 1.98. The van der Waals surface area contributed by atoms with Crippen molar-refractivity contribution in [2.24, 2.45) is 0 Å². The Kier molecular flexibility index (Phi) is 3.84. The average molecular weight is 252 g/mol. The van der Waals surface area contributed by atoms with E-state index in [2.05, 4.69) is 15.5 Å². The van der Waals surface area contributed by atoms with E-state index in [1.165, 1.54) is 0 Å². The first kappa shape index (κ1) is 12.9. The van der Waals surface area contributed by atoms with Crippen molar-refractivity contribution in [2.45, 2.75) is 45.6 Å². The van der Waals surface area contributed by atoms with Crippen molar-refractivity contribution in [1.29, 1.82) is 0 Å². The molecular weight excluding hydrogens is 232 g/mol. The highest BCUT2D eigenvalue weighted by Gasteiger charge is 2.27. The number of hydrogen-bond donors (Lipinski definition) is 1. The number of urea groups is 1. The lowest BCUT2D eigenvalue weighted by Gasteiger charge is -2.31. The number of nitrogens with one attached hydrogen (secondary N) is 1. The van der Waals surface area contributed by atoms with Gasteiger partial charge < -0.3 is 14.7 Å². The van der Waals surface area contributed by atoms with Crippen molar-refractivity contribution in [3.8, 4) is 0 Å². The van der Waals surface area contributed by atoms with Crippen LogP contribution >= 0.6 is 0 Å². The molecule has 1 aromatic heterocycles. The summed E-state index contributed by atoms with van der Waals surface area (Å²) in [4.78, 5) is 18.0. The van der Waals surface area contributed by atoms with E-state index in [0.29, 0.717) is 12.4 Å². The van der Waals surface area contributed by atoms with E-state index < -0.39 is 0 Å². The van der Waals surface area contributed by atoms with Gasteiger partial charge in [0.15, 0.2) is 5.82 Å². The molecule has 0 saturated carbocycles. The van der Waals surface area contributed by atoms with Gasteiger partial charge in [-0.25, -0.2) is 4.79 Å². The van der Waals surface area contributed by atoms with Crippen LogP contribution in [-0.2, 0) is 0 Å². The van der Waals surface area contributed by atoms with E-state index in [1.807, 2.05) is 18.7 Å². The van der Waals surface area contributed by atoms with Gasteiger partial charge in [0.05, 0.1) is 0 Å². The van der Waals surface area contributed by atoms with E-state index in [-0.39, 0.29) is 18.0 Å². The lowest BCUT2D eigenvalue weighted by atomic mass is 9.98. The number of amides is 2. The predicted octanol–water partition coefficient (Wildman–Crippen LogP) is 1.68. The molecule has 6 heteroatoms. The molecule has 1 saturated heterocycles. The van der Waals surface area contributed by atoms with E-state index in [9.17, 15) is 4.79 Å². The molecule has 6 nitrogen and oxygen atoms in total. The molecule has 0 radical (unpaired) electrons. The Hall–Kier alpha value is -1.59. The highest BCUT2D eigenvalue weighted by molar-refractivity contribution is 5.74. The molecule has 1 fully saturated rings. The highest BCUT2D eigenvalue weighted by Crippen LogP contribution is 2.24. The van der Waals surface area contributed by atoms with Crippen LogP contribution < -0.4 is 5.32 Å². The molecule has 100 valence electrons. The standard InChI is InChI=1S/C12H20N4O2/c1-8(2)13-12(17)16-6-4-5-10(7-16)11-14-9(3)18-15-11/h8,10H,4-7H2,1-3H3,(H,13,17). The van der Waals surface area contributed by atoms with Crippen molar-refractivity contribution >= 4 is 6.03 Å². The molecule has 1 aliphatic rings. The van der Waals surface area contributed by atoms with E-state index in [4.69, 9.17) is 4.52 Å². The fourth-order valence-electron chi connectivity index (χ4n) is 2.19. The second-order valence-corrected chi connectivity index (χ2v) is 5.06. The van der Waals surface area contributed by atoms with E-state index in [0.717, 1.165) is 25.2 Å². The van der Waals surface area contributed by atoms with Gasteiger partial charge in [-0.2, -0.15) is 4.98 Å². The van der Waals surface area contributed by atoms with Crippen LogP contribution in [0.25, 0.3) is 0 Å². The molecule has 18 heavy (non-hydrogen) atoms. The highest BCUT2D eigenvalue weighted by atomic mass is 16.5. The summed E-state index contributed by atoms with van der Waals surface area (Å²) in [6, 6.07) is 0.153. The van der Waals surface area contributed by atoms with Crippen LogP contribution in [0.4, 0.5) is 4.79 Å². The van der Waals surface area contributed by atoms with Crippen molar-refractivity contribution < 1.29 is 9.32 Å². The second-order valence-electron chi connectivity index (χ2n) is 5.06. The van der Waals surface area contributed by atoms with Gasteiger partial charge in [0.1, 0.15) is 0 Å². The summed E-state index contributed by atoms with van der Waals surface area (Å²) < 4.78 is 5.00.